The van der Waals surface area contributed by atoms with Crippen molar-refractivity contribution in [2.24, 2.45) is 5.73 Å². The first kappa shape index (κ1) is 13.7. The highest BCUT2D eigenvalue weighted by Crippen LogP contribution is 2.36. The summed E-state index contributed by atoms with van der Waals surface area (Å²) in [7, 11) is 0. The monoisotopic (exact) mass is 271 g/mol. The van der Waals surface area contributed by atoms with Crippen LogP contribution in [-0.4, -0.2) is 17.0 Å². The quantitative estimate of drug-likeness (QED) is 0.651. The van der Waals surface area contributed by atoms with E-state index >= 15 is 0 Å². The summed E-state index contributed by atoms with van der Waals surface area (Å²) in [5, 5.41) is 13.8. The number of rotatable bonds is 4. The number of benzene rings is 1. The third kappa shape index (κ3) is 2.65. The van der Waals surface area contributed by atoms with Gasteiger partial charge in [0.15, 0.2) is 0 Å². The Bertz CT molecular complexity index is 502. The van der Waals surface area contributed by atoms with Crippen LogP contribution in [0.25, 0.3) is 0 Å². The molecule has 1 aliphatic rings. The maximum absolute atomic E-state index is 13.5. The second-order valence-corrected chi connectivity index (χ2v) is 4.86. The Morgan fingerprint density at radius 3 is 2.53 bits per heavy atom. The molecule has 0 bridgehead atoms. The summed E-state index contributed by atoms with van der Waals surface area (Å²) in [6, 6.07) is 1.45. The number of anilines is 1. The fourth-order valence-electron chi connectivity index (χ4n) is 2.56. The Labute approximate surface area is 108 Å². The second kappa shape index (κ2) is 5.08. The van der Waals surface area contributed by atoms with E-state index in [0.29, 0.717) is 6.07 Å². The van der Waals surface area contributed by atoms with Gasteiger partial charge in [0.1, 0.15) is 11.5 Å². The fraction of sp³-hybridized carbons (Fsp3) is 0.500. The first-order valence-electron chi connectivity index (χ1n) is 6.09. The molecule has 0 aliphatic heterocycles. The molecular formula is C12H15F2N3O2. The molecule has 5 nitrogen and oxygen atoms in total. The molecule has 104 valence electrons. The highest BCUT2D eigenvalue weighted by atomic mass is 19.1. The summed E-state index contributed by atoms with van der Waals surface area (Å²) < 4.78 is 26.8. The predicted octanol–water partition coefficient (Wildman–Crippen LogP) is 2.56. The number of nitrogens with zero attached hydrogens (tertiary/aromatic N) is 1. The molecule has 1 aromatic rings. The van der Waals surface area contributed by atoms with E-state index in [2.05, 4.69) is 5.32 Å². The summed E-state index contributed by atoms with van der Waals surface area (Å²) in [5.74, 6) is -2.03. The summed E-state index contributed by atoms with van der Waals surface area (Å²) in [6.07, 6.45) is 3.35. The van der Waals surface area contributed by atoms with Crippen LogP contribution in [0.5, 0.6) is 0 Å². The molecule has 0 radical (unpaired) electrons. The van der Waals surface area contributed by atoms with Gasteiger partial charge in [0.25, 0.3) is 0 Å². The lowest BCUT2D eigenvalue weighted by Crippen LogP contribution is -2.43. The number of hydrogen-bond donors (Lipinski definition) is 2. The van der Waals surface area contributed by atoms with E-state index in [1.807, 2.05) is 0 Å². The standard InChI is InChI=1S/C12H15F2N3O2/c13-8-5-9(14)11(17(18)19)10(6-8)16-12(7-15)3-1-2-4-12/h5-6,16H,1-4,7,15H2. The van der Waals surface area contributed by atoms with E-state index in [0.717, 1.165) is 31.7 Å². The number of nitro groups is 1. The molecule has 0 amide bonds. The minimum Gasteiger partial charge on any atom is -0.373 e. The Hall–Kier alpha value is -1.76. The Balaban J connectivity index is 2.41. The van der Waals surface area contributed by atoms with Crippen molar-refractivity contribution in [1.29, 1.82) is 0 Å². The van der Waals surface area contributed by atoms with Crippen LogP contribution in [0.1, 0.15) is 25.7 Å². The van der Waals surface area contributed by atoms with Crippen molar-refractivity contribution in [3.63, 3.8) is 0 Å². The predicted molar refractivity (Wildman–Crippen MR) is 66.9 cm³/mol. The van der Waals surface area contributed by atoms with E-state index in [4.69, 9.17) is 5.73 Å². The van der Waals surface area contributed by atoms with Crippen molar-refractivity contribution < 1.29 is 13.7 Å². The molecule has 0 heterocycles. The van der Waals surface area contributed by atoms with Gasteiger partial charge in [-0.05, 0) is 12.8 Å². The zero-order valence-corrected chi connectivity index (χ0v) is 10.3. The molecule has 19 heavy (non-hydrogen) atoms. The molecule has 3 N–H and O–H groups in total. The third-order valence-corrected chi connectivity index (χ3v) is 3.56. The molecule has 0 atom stereocenters. The van der Waals surface area contributed by atoms with Crippen molar-refractivity contribution in [3.8, 4) is 0 Å². The van der Waals surface area contributed by atoms with Gasteiger partial charge in [-0.25, -0.2) is 4.39 Å². The van der Waals surface area contributed by atoms with Crippen LogP contribution in [-0.2, 0) is 0 Å². The first-order chi connectivity index (χ1) is 8.97. The van der Waals surface area contributed by atoms with Crippen LogP contribution in [0.2, 0.25) is 0 Å². The largest absolute Gasteiger partial charge is 0.373 e. The lowest BCUT2D eigenvalue weighted by Gasteiger charge is -2.29. The number of nitrogens with one attached hydrogen (secondary N) is 1. The van der Waals surface area contributed by atoms with Gasteiger partial charge >= 0.3 is 5.69 Å². The van der Waals surface area contributed by atoms with Crippen molar-refractivity contribution in [3.05, 3.63) is 33.9 Å². The van der Waals surface area contributed by atoms with Crippen molar-refractivity contribution in [2.75, 3.05) is 11.9 Å². The lowest BCUT2D eigenvalue weighted by molar-refractivity contribution is -0.386. The smallest absolute Gasteiger partial charge is 0.327 e. The van der Waals surface area contributed by atoms with Gasteiger partial charge in [-0.1, -0.05) is 12.8 Å². The maximum atomic E-state index is 13.5. The minimum absolute atomic E-state index is 0.144. The Morgan fingerprint density at radius 2 is 2.00 bits per heavy atom. The van der Waals surface area contributed by atoms with Gasteiger partial charge < -0.3 is 11.1 Å². The molecule has 1 saturated carbocycles. The average molecular weight is 271 g/mol. The maximum Gasteiger partial charge on any atom is 0.327 e. The van der Waals surface area contributed by atoms with Gasteiger partial charge in [0.05, 0.1) is 4.92 Å². The summed E-state index contributed by atoms with van der Waals surface area (Å²) in [5.41, 5.74) is 4.31. The Kier molecular flexibility index (Phi) is 3.66. The molecule has 1 aliphatic carbocycles. The molecule has 0 aromatic heterocycles. The van der Waals surface area contributed by atoms with Crippen LogP contribution in [0, 0.1) is 21.7 Å². The number of nitrogens with two attached hydrogens (primary N) is 1. The van der Waals surface area contributed by atoms with Gasteiger partial charge in [0.2, 0.25) is 5.82 Å². The third-order valence-electron chi connectivity index (χ3n) is 3.56. The molecule has 2 rings (SSSR count). The van der Waals surface area contributed by atoms with Crippen LogP contribution >= 0.6 is 0 Å². The molecule has 7 heteroatoms. The lowest BCUT2D eigenvalue weighted by atomic mass is 9.97. The van der Waals surface area contributed by atoms with E-state index < -0.39 is 27.8 Å². The minimum atomic E-state index is -1.18. The van der Waals surface area contributed by atoms with E-state index in [-0.39, 0.29) is 12.2 Å². The molecular weight excluding hydrogens is 256 g/mol. The number of hydrogen-bond acceptors (Lipinski definition) is 4. The fourth-order valence-corrected chi connectivity index (χ4v) is 2.56. The van der Waals surface area contributed by atoms with Crippen molar-refractivity contribution in [1.82, 2.24) is 0 Å². The van der Waals surface area contributed by atoms with Gasteiger partial charge in [-0.3, -0.25) is 10.1 Å². The van der Waals surface area contributed by atoms with Crippen LogP contribution in [0.4, 0.5) is 20.2 Å². The summed E-state index contributed by atoms with van der Waals surface area (Å²) in [6.45, 7) is 0.266. The van der Waals surface area contributed by atoms with Gasteiger partial charge in [-0.2, -0.15) is 4.39 Å². The Morgan fingerprint density at radius 1 is 1.37 bits per heavy atom. The van der Waals surface area contributed by atoms with E-state index in [9.17, 15) is 18.9 Å². The van der Waals surface area contributed by atoms with E-state index in [1.165, 1.54) is 0 Å². The van der Waals surface area contributed by atoms with Crippen LogP contribution in [0.3, 0.4) is 0 Å². The summed E-state index contributed by atoms with van der Waals surface area (Å²) in [4.78, 5) is 10.0. The zero-order valence-electron chi connectivity index (χ0n) is 10.3. The number of nitro benzene ring substituents is 1. The molecule has 1 aromatic carbocycles. The first-order valence-corrected chi connectivity index (χ1v) is 6.09. The summed E-state index contributed by atoms with van der Waals surface area (Å²) >= 11 is 0. The molecule has 1 fully saturated rings. The second-order valence-electron chi connectivity index (χ2n) is 4.86. The normalized spacial score (nSPS) is 17.4. The van der Waals surface area contributed by atoms with Crippen molar-refractivity contribution >= 4 is 11.4 Å². The number of halogens is 2. The zero-order chi connectivity index (χ0) is 14.0. The molecule has 0 unspecified atom stereocenters. The van der Waals surface area contributed by atoms with E-state index in [1.54, 1.807) is 0 Å². The molecule has 0 saturated heterocycles. The van der Waals surface area contributed by atoms with Crippen LogP contribution in [0.15, 0.2) is 12.1 Å². The average Bonchev–Trinajstić information content (AvgIpc) is 2.76. The van der Waals surface area contributed by atoms with Crippen LogP contribution < -0.4 is 11.1 Å². The SMILES string of the molecule is NCC1(Nc2cc(F)cc(F)c2[N+](=O)[O-])CCCC1. The highest BCUT2D eigenvalue weighted by molar-refractivity contribution is 5.63. The topological polar surface area (TPSA) is 81.2 Å². The van der Waals surface area contributed by atoms with Gasteiger partial charge in [-0.15, -0.1) is 0 Å². The van der Waals surface area contributed by atoms with Gasteiger partial charge in [0, 0.05) is 24.2 Å². The van der Waals surface area contributed by atoms with Crippen molar-refractivity contribution in [2.45, 2.75) is 31.2 Å². The highest BCUT2D eigenvalue weighted by Gasteiger charge is 2.35. The molecule has 0 spiro atoms.